The molecule has 1 saturated carbocycles. The second kappa shape index (κ2) is 7.78. The monoisotopic (exact) mass is 446 g/mol. The Kier molecular flexibility index (Phi) is 5.08. The Morgan fingerprint density at radius 1 is 1.16 bits per heavy atom. The summed E-state index contributed by atoms with van der Waals surface area (Å²) < 4.78 is 41.1. The first-order chi connectivity index (χ1) is 14.9. The summed E-state index contributed by atoms with van der Waals surface area (Å²) in [6.45, 7) is 1.27. The van der Waals surface area contributed by atoms with Crippen molar-refractivity contribution in [1.29, 1.82) is 0 Å². The predicted molar refractivity (Wildman–Crippen MR) is 111 cm³/mol. The SMILES string of the molecule is O=C(c1cnn(-c2cccc(C(F)(F)F)c2)c1C1CC1)N1CCCC(c2nccs2)C1. The zero-order chi connectivity index (χ0) is 21.6. The summed E-state index contributed by atoms with van der Waals surface area (Å²) >= 11 is 1.60. The number of amides is 1. The molecule has 2 fully saturated rings. The summed E-state index contributed by atoms with van der Waals surface area (Å²) in [5.41, 5.74) is 0.827. The van der Waals surface area contributed by atoms with Crippen LogP contribution in [0.2, 0.25) is 0 Å². The second-order valence-electron chi connectivity index (χ2n) is 8.14. The Labute approximate surface area is 181 Å². The minimum atomic E-state index is -4.43. The summed E-state index contributed by atoms with van der Waals surface area (Å²) in [7, 11) is 0. The molecule has 31 heavy (non-hydrogen) atoms. The normalized spacial score (nSPS) is 19.6. The number of alkyl halides is 3. The first kappa shape index (κ1) is 20.2. The zero-order valence-corrected chi connectivity index (χ0v) is 17.5. The molecule has 2 aliphatic rings. The average Bonchev–Trinajstić information content (AvgIpc) is 3.27. The standard InChI is InChI=1S/C22H21F3N4OS/c23-22(24,25)16-4-1-5-17(11-16)29-19(14-6-7-14)18(12-27-29)21(30)28-9-2-3-15(13-28)20-26-8-10-31-20/h1,4-5,8,10-12,14-15H,2-3,6-7,9,13H2. The molecule has 2 aromatic heterocycles. The molecule has 5 nitrogen and oxygen atoms in total. The van der Waals surface area contributed by atoms with Gasteiger partial charge in [0.2, 0.25) is 0 Å². The van der Waals surface area contributed by atoms with E-state index in [1.165, 1.54) is 16.9 Å². The summed E-state index contributed by atoms with van der Waals surface area (Å²) in [5.74, 6) is 0.275. The third kappa shape index (κ3) is 3.98. The highest BCUT2D eigenvalue weighted by molar-refractivity contribution is 7.09. The fourth-order valence-corrected chi connectivity index (χ4v) is 5.03. The highest BCUT2D eigenvalue weighted by Gasteiger charge is 2.36. The number of carbonyl (C=O) groups excluding carboxylic acids is 1. The maximum absolute atomic E-state index is 13.4. The number of carbonyl (C=O) groups is 1. The van der Waals surface area contributed by atoms with Crippen molar-refractivity contribution < 1.29 is 18.0 Å². The molecule has 1 aliphatic heterocycles. The number of nitrogens with zero attached hydrogens (tertiary/aromatic N) is 4. The number of hydrogen-bond acceptors (Lipinski definition) is 4. The molecule has 0 N–H and O–H groups in total. The van der Waals surface area contributed by atoms with E-state index < -0.39 is 11.7 Å². The molecule has 1 aromatic carbocycles. The predicted octanol–water partition coefficient (Wildman–Crippen LogP) is 5.24. The first-order valence-corrected chi connectivity index (χ1v) is 11.2. The van der Waals surface area contributed by atoms with Gasteiger partial charge in [0.05, 0.1) is 33.7 Å². The van der Waals surface area contributed by atoms with E-state index in [0.717, 1.165) is 48.5 Å². The van der Waals surface area contributed by atoms with Crippen molar-refractivity contribution in [2.24, 2.45) is 0 Å². The number of thiazole rings is 1. The molecule has 1 saturated heterocycles. The van der Waals surface area contributed by atoms with Crippen molar-refractivity contribution in [1.82, 2.24) is 19.7 Å². The van der Waals surface area contributed by atoms with Crippen molar-refractivity contribution in [3.05, 3.63) is 63.9 Å². The fraction of sp³-hybridized carbons (Fsp3) is 0.409. The van der Waals surface area contributed by atoms with Gasteiger partial charge in [-0.05, 0) is 43.9 Å². The first-order valence-electron chi connectivity index (χ1n) is 10.4. The molecular weight excluding hydrogens is 425 g/mol. The second-order valence-corrected chi connectivity index (χ2v) is 9.06. The van der Waals surface area contributed by atoms with Crippen molar-refractivity contribution in [2.75, 3.05) is 13.1 Å². The van der Waals surface area contributed by atoms with Crippen LogP contribution in [0.15, 0.2) is 42.0 Å². The maximum Gasteiger partial charge on any atom is 0.416 e. The van der Waals surface area contributed by atoms with Crippen LogP contribution >= 0.6 is 11.3 Å². The van der Waals surface area contributed by atoms with E-state index in [9.17, 15) is 18.0 Å². The minimum absolute atomic E-state index is 0.0959. The van der Waals surface area contributed by atoms with E-state index in [4.69, 9.17) is 0 Å². The number of aromatic nitrogens is 3. The zero-order valence-electron chi connectivity index (χ0n) is 16.7. The Hall–Kier alpha value is -2.68. The number of hydrogen-bond donors (Lipinski definition) is 0. The van der Waals surface area contributed by atoms with Gasteiger partial charge in [-0.1, -0.05) is 6.07 Å². The van der Waals surface area contributed by atoms with Crippen LogP contribution in [0.1, 0.15) is 64.1 Å². The van der Waals surface area contributed by atoms with Gasteiger partial charge in [-0.25, -0.2) is 9.67 Å². The lowest BCUT2D eigenvalue weighted by Gasteiger charge is -2.32. The van der Waals surface area contributed by atoms with Crippen molar-refractivity contribution >= 4 is 17.2 Å². The summed E-state index contributed by atoms with van der Waals surface area (Å²) in [4.78, 5) is 19.7. The van der Waals surface area contributed by atoms with Crippen LogP contribution in [0.4, 0.5) is 13.2 Å². The molecule has 0 spiro atoms. The number of halogens is 3. The summed E-state index contributed by atoms with van der Waals surface area (Å²) in [6, 6.07) is 5.11. The van der Waals surface area contributed by atoms with Crippen molar-refractivity contribution in [3.8, 4) is 5.69 Å². The Bertz CT molecular complexity index is 1090. The molecule has 3 aromatic rings. The molecular formula is C22H21F3N4OS. The van der Waals surface area contributed by atoms with Gasteiger partial charge in [-0.2, -0.15) is 18.3 Å². The van der Waals surface area contributed by atoms with E-state index >= 15 is 0 Å². The van der Waals surface area contributed by atoms with E-state index in [1.54, 1.807) is 23.6 Å². The maximum atomic E-state index is 13.4. The fourth-order valence-electron chi connectivity index (χ4n) is 4.26. The van der Waals surface area contributed by atoms with Crippen LogP contribution in [0, 0.1) is 0 Å². The Balaban J connectivity index is 1.46. The van der Waals surface area contributed by atoms with Gasteiger partial charge in [-0.15, -0.1) is 11.3 Å². The van der Waals surface area contributed by atoms with Gasteiger partial charge in [0.1, 0.15) is 0 Å². The number of likely N-dealkylation sites (tertiary alicyclic amines) is 1. The smallest absolute Gasteiger partial charge is 0.338 e. The highest BCUT2D eigenvalue weighted by Crippen LogP contribution is 2.43. The van der Waals surface area contributed by atoms with Gasteiger partial charge in [0, 0.05) is 36.5 Å². The molecule has 1 amide bonds. The number of piperidine rings is 1. The van der Waals surface area contributed by atoms with Gasteiger partial charge < -0.3 is 4.90 Å². The van der Waals surface area contributed by atoms with Gasteiger partial charge >= 0.3 is 6.18 Å². The molecule has 1 atom stereocenters. The molecule has 0 bridgehead atoms. The lowest BCUT2D eigenvalue weighted by Crippen LogP contribution is -2.39. The van der Waals surface area contributed by atoms with Gasteiger partial charge in [-0.3, -0.25) is 4.79 Å². The molecule has 162 valence electrons. The molecule has 5 rings (SSSR count). The molecule has 1 unspecified atom stereocenters. The third-order valence-electron chi connectivity index (χ3n) is 5.93. The third-order valence-corrected chi connectivity index (χ3v) is 6.87. The number of benzene rings is 1. The van der Waals surface area contributed by atoms with Crippen LogP contribution in [-0.2, 0) is 6.18 Å². The summed E-state index contributed by atoms with van der Waals surface area (Å²) in [5, 5.41) is 7.33. The van der Waals surface area contributed by atoms with E-state index in [0.29, 0.717) is 24.3 Å². The quantitative estimate of drug-likeness (QED) is 0.550. The van der Waals surface area contributed by atoms with Crippen molar-refractivity contribution in [2.45, 2.75) is 43.7 Å². The lowest BCUT2D eigenvalue weighted by molar-refractivity contribution is -0.137. The van der Waals surface area contributed by atoms with Crippen LogP contribution in [0.3, 0.4) is 0 Å². The Morgan fingerprint density at radius 3 is 2.71 bits per heavy atom. The van der Waals surface area contributed by atoms with E-state index in [-0.39, 0.29) is 17.7 Å². The van der Waals surface area contributed by atoms with Crippen LogP contribution in [0.5, 0.6) is 0 Å². The molecule has 1 aliphatic carbocycles. The van der Waals surface area contributed by atoms with Gasteiger partial charge in [0.25, 0.3) is 5.91 Å². The largest absolute Gasteiger partial charge is 0.416 e. The summed E-state index contributed by atoms with van der Waals surface area (Å²) in [6.07, 6.45) is 2.58. The average molecular weight is 446 g/mol. The lowest BCUT2D eigenvalue weighted by atomic mass is 9.98. The van der Waals surface area contributed by atoms with Crippen LogP contribution in [-0.4, -0.2) is 38.7 Å². The molecule has 3 heterocycles. The Morgan fingerprint density at radius 2 is 2.00 bits per heavy atom. The minimum Gasteiger partial charge on any atom is -0.338 e. The van der Waals surface area contributed by atoms with E-state index in [1.807, 2.05) is 10.3 Å². The molecule has 9 heteroatoms. The molecule has 0 radical (unpaired) electrons. The van der Waals surface area contributed by atoms with Crippen molar-refractivity contribution in [3.63, 3.8) is 0 Å². The topological polar surface area (TPSA) is 51.0 Å². The van der Waals surface area contributed by atoms with Crippen LogP contribution in [0.25, 0.3) is 5.69 Å². The van der Waals surface area contributed by atoms with Gasteiger partial charge in [0.15, 0.2) is 0 Å². The highest BCUT2D eigenvalue weighted by atomic mass is 32.1. The number of rotatable bonds is 4. The van der Waals surface area contributed by atoms with Crippen LogP contribution < -0.4 is 0 Å². The van der Waals surface area contributed by atoms with E-state index in [2.05, 4.69) is 10.1 Å².